The van der Waals surface area contributed by atoms with Gasteiger partial charge in [-0.25, -0.2) is 4.79 Å². The van der Waals surface area contributed by atoms with E-state index in [0.29, 0.717) is 50.2 Å². The molecular weight excluding hydrogens is 470 g/mol. The molecule has 0 aliphatic carbocycles. The van der Waals surface area contributed by atoms with E-state index in [-0.39, 0.29) is 11.5 Å². The monoisotopic (exact) mass is 495 g/mol. The lowest BCUT2D eigenvalue weighted by atomic mass is 10.0. The van der Waals surface area contributed by atoms with Crippen molar-refractivity contribution in [3.63, 3.8) is 0 Å². The first-order valence-electron chi connectivity index (χ1n) is 11.7. The maximum absolute atomic E-state index is 13.8. The fraction of sp³-hybridized carbons (Fsp3) is 0.167. The van der Waals surface area contributed by atoms with Crippen molar-refractivity contribution in [1.29, 1.82) is 0 Å². The SMILES string of the molecule is COc1ccc(-c2oc3c(C)cc(C)cc3c(=O)c2OC(=O)c2cc(C)nc3ccccc23)cc1OC. The van der Waals surface area contributed by atoms with Crippen LogP contribution < -0.4 is 19.6 Å². The molecule has 0 saturated carbocycles. The molecule has 5 aromatic rings. The maximum atomic E-state index is 13.8. The van der Waals surface area contributed by atoms with Crippen LogP contribution in [0.25, 0.3) is 33.2 Å². The van der Waals surface area contributed by atoms with Gasteiger partial charge >= 0.3 is 5.97 Å². The Labute approximate surface area is 213 Å². The summed E-state index contributed by atoms with van der Waals surface area (Å²) in [6.45, 7) is 5.56. The van der Waals surface area contributed by atoms with Gasteiger partial charge in [-0.3, -0.25) is 9.78 Å². The molecule has 0 aliphatic rings. The van der Waals surface area contributed by atoms with E-state index in [1.54, 1.807) is 43.3 Å². The highest BCUT2D eigenvalue weighted by Crippen LogP contribution is 2.38. The van der Waals surface area contributed by atoms with Gasteiger partial charge in [0.2, 0.25) is 11.2 Å². The second-order valence-corrected chi connectivity index (χ2v) is 8.84. The molecule has 7 heteroatoms. The minimum atomic E-state index is -0.681. The third-order valence-electron chi connectivity index (χ3n) is 6.18. The van der Waals surface area contributed by atoms with Crippen molar-refractivity contribution in [3.8, 4) is 28.6 Å². The first-order valence-corrected chi connectivity index (χ1v) is 11.7. The Kier molecular flexibility index (Phi) is 6.13. The smallest absolute Gasteiger partial charge is 0.344 e. The molecule has 0 spiro atoms. The van der Waals surface area contributed by atoms with E-state index < -0.39 is 11.4 Å². The molecule has 0 bridgehead atoms. The highest BCUT2D eigenvalue weighted by Gasteiger charge is 2.24. The Hall–Kier alpha value is -4.65. The summed E-state index contributed by atoms with van der Waals surface area (Å²) in [7, 11) is 3.05. The predicted octanol–water partition coefficient (Wildman–Crippen LogP) is 6.17. The lowest BCUT2D eigenvalue weighted by Gasteiger charge is -2.14. The molecule has 7 nitrogen and oxygen atoms in total. The van der Waals surface area contributed by atoms with E-state index in [9.17, 15) is 9.59 Å². The molecule has 186 valence electrons. The second kappa shape index (κ2) is 9.43. The van der Waals surface area contributed by atoms with Gasteiger partial charge in [0.05, 0.1) is 30.7 Å². The van der Waals surface area contributed by atoms with Crippen LogP contribution in [0, 0.1) is 20.8 Å². The normalized spacial score (nSPS) is 11.1. The third-order valence-corrected chi connectivity index (χ3v) is 6.18. The Balaban J connectivity index is 1.75. The molecule has 0 fully saturated rings. The van der Waals surface area contributed by atoms with E-state index in [2.05, 4.69) is 4.98 Å². The van der Waals surface area contributed by atoms with Crippen LogP contribution in [-0.2, 0) is 0 Å². The number of fused-ring (bicyclic) bond motifs is 2. The van der Waals surface area contributed by atoms with E-state index >= 15 is 0 Å². The Morgan fingerprint density at radius 3 is 2.38 bits per heavy atom. The van der Waals surface area contributed by atoms with Crippen LogP contribution in [0.3, 0.4) is 0 Å². The van der Waals surface area contributed by atoms with E-state index in [0.717, 1.165) is 11.1 Å². The molecule has 5 rings (SSSR count). The summed E-state index contributed by atoms with van der Waals surface area (Å²) >= 11 is 0. The zero-order chi connectivity index (χ0) is 26.3. The van der Waals surface area contributed by atoms with Crippen LogP contribution in [0.15, 0.2) is 69.9 Å². The highest BCUT2D eigenvalue weighted by atomic mass is 16.5. The number of para-hydroxylation sites is 1. The number of esters is 1. The van der Waals surface area contributed by atoms with Crippen molar-refractivity contribution in [2.75, 3.05) is 14.2 Å². The van der Waals surface area contributed by atoms with E-state index in [1.807, 2.05) is 38.1 Å². The molecule has 0 amide bonds. The van der Waals surface area contributed by atoms with Crippen molar-refractivity contribution >= 4 is 27.8 Å². The molecule has 0 radical (unpaired) electrons. The summed E-state index contributed by atoms with van der Waals surface area (Å²) in [5.41, 5.74) is 3.78. The molecule has 2 aromatic heterocycles. The first-order chi connectivity index (χ1) is 17.8. The summed E-state index contributed by atoms with van der Waals surface area (Å²) in [4.78, 5) is 31.8. The van der Waals surface area contributed by atoms with Gasteiger partial charge in [-0.1, -0.05) is 24.3 Å². The largest absolute Gasteiger partial charge is 0.493 e. The Bertz CT molecular complexity index is 1750. The average molecular weight is 496 g/mol. The number of aryl methyl sites for hydroxylation is 3. The molecule has 0 saturated heterocycles. The van der Waals surface area contributed by atoms with Crippen LogP contribution in [0.2, 0.25) is 0 Å². The number of benzene rings is 3. The molecule has 0 atom stereocenters. The number of aromatic nitrogens is 1. The minimum absolute atomic E-state index is 0.119. The number of ether oxygens (including phenoxy) is 3. The maximum Gasteiger partial charge on any atom is 0.344 e. The molecule has 0 aliphatic heterocycles. The van der Waals surface area contributed by atoms with Crippen LogP contribution in [0.5, 0.6) is 17.2 Å². The molecular formula is C30H25NO6. The topological polar surface area (TPSA) is 87.9 Å². The zero-order valence-electron chi connectivity index (χ0n) is 21.2. The van der Waals surface area contributed by atoms with Gasteiger partial charge < -0.3 is 18.6 Å². The number of hydrogen-bond acceptors (Lipinski definition) is 7. The third kappa shape index (κ3) is 4.29. The van der Waals surface area contributed by atoms with Gasteiger partial charge in [0.15, 0.2) is 17.3 Å². The average Bonchev–Trinajstić information content (AvgIpc) is 2.89. The Morgan fingerprint density at radius 2 is 1.62 bits per heavy atom. The van der Waals surface area contributed by atoms with E-state index in [4.69, 9.17) is 18.6 Å². The minimum Gasteiger partial charge on any atom is -0.493 e. The highest BCUT2D eigenvalue weighted by molar-refractivity contribution is 6.04. The van der Waals surface area contributed by atoms with Crippen molar-refractivity contribution in [2.24, 2.45) is 0 Å². The lowest BCUT2D eigenvalue weighted by Crippen LogP contribution is -2.17. The second-order valence-electron chi connectivity index (χ2n) is 8.84. The number of pyridine rings is 1. The molecule has 3 aromatic carbocycles. The fourth-order valence-corrected chi connectivity index (χ4v) is 4.52. The number of nitrogens with zero attached hydrogens (tertiary/aromatic N) is 1. The van der Waals surface area contributed by atoms with Gasteiger partial charge in [-0.15, -0.1) is 0 Å². The number of carbonyl (C=O) groups excluding carboxylic acids is 1. The number of carbonyl (C=O) groups is 1. The van der Waals surface area contributed by atoms with Crippen LogP contribution in [0.4, 0.5) is 0 Å². The van der Waals surface area contributed by atoms with Gasteiger partial charge in [0, 0.05) is 16.6 Å². The predicted molar refractivity (Wildman–Crippen MR) is 142 cm³/mol. The summed E-state index contributed by atoms with van der Waals surface area (Å²) in [6, 6.07) is 17.7. The van der Waals surface area contributed by atoms with Crippen LogP contribution >= 0.6 is 0 Å². The van der Waals surface area contributed by atoms with Crippen LogP contribution in [-0.4, -0.2) is 25.2 Å². The van der Waals surface area contributed by atoms with Crippen molar-refractivity contribution in [1.82, 2.24) is 4.98 Å². The van der Waals surface area contributed by atoms with Crippen LogP contribution in [0.1, 0.15) is 27.2 Å². The molecule has 0 N–H and O–H groups in total. The first kappa shape index (κ1) is 24.1. The summed E-state index contributed by atoms with van der Waals surface area (Å²) in [5.74, 6) is 0.191. The number of rotatable bonds is 5. The standard InChI is InChI=1S/C30H25NO6/c1-16-12-17(2)27-22(13-16)26(32)29(28(36-27)19-10-11-24(34-4)25(15-19)35-5)37-30(33)21-14-18(3)31-23-9-7-6-8-20(21)23/h6-15H,1-5H3. The zero-order valence-corrected chi connectivity index (χ0v) is 21.2. The summed E-state index contributed by atoms with van der Waals surface area (Å²) in [5, 5.41) is 0.961. The summed E-state index contributed by atoms with van der Waals surface area (Å²) < 4.78 is 22.9. The molecule has 0 unspecified atom stereocenters. The number of hydrogen-bond donors (Lipinski definition) is 0. The van der Waals surface area contributed by atoms with Gasteiger partial charge in [0.1, 0.15) is 5.58 Å². The Morgan fingerprint density at radius 1 is 0.865 bits per heavy atom. The number of methoxy groups -OCH3 is 2. The quantitative estimate of drug-likeness (QED) is 0.269. The molecule has 37 heavy (non-hydrogen) atoms. The molecule has 2 heterocycles. The van der Waals surface area contributed by atoms with E-state index in [1.165, 1.54) is 14.2 Å². The van der Waals surface area contributed by atoms with Crippen molar-refractivity contribution < 1.29 is 23.4 Å². The van der Waals surface area contributed by atoms with Crippen molar-refractivity contribution in [3.05, 3.63) is 93.3 Å². The van der Waals surface area contributed by atoms with Gasteiger partial charge in [-0.2, -0.15) is 0 Å². The van der Waals surface area contributed by atoms with Gasteiger partial charge in [-0.05, 0) is 68.3 Å². The lowest BCUT2D eigenvalue weighted by molar-refractivity contribution is 0.0733. The van der Waals surface area contributed by atoms with Crippen molar-refractivity contribution in [2.45, 2.75) is 20.8 Å². The fourth-order valence-electron chi connectivity index (χ4n) is 4.52. The summed E-state index contributed by atoms with van der Waals surface area (Å²) in [6.07, 6.45) is 0. The van der Waals surface area contributed by atoms with Gasteiger partial charge in [0.25, 0.3) is 0 Å².